The van der Waals surface area contributed by atoms with Gasteiger partial charge in [0.05, 0.1) is 11.4 Å². The fraction of sp³-hybridized carbons (Fsp3) is 0.296. The third-order valence-electron chi connectivity index (χ3n) is 6.14. The Morgan fingerprint density at radius 1 is 0.941 bits per heavy atom. The van der Waals surface area contributed by atoms with Crippen LogP contribution in [0.25, 0.3) is 11.1 Å². The van der Waals surface area contributed by atoms with Gasteiger partial charge < -0.3 is 5.32 Å². The summed E-state index contributed by atoms with van der Waals surface area (Å²) in [6.45, 7) is 4.12. The van der Waals surface area contributed by atoms with Crippen LogP contribution in [0.15, 0.2) is 83.8 Å². The highest BCUT2D eigenvalue weighted by atomic mass is 32.2. The Hall–Kier alpha value is -3.00. The van der Waals surface area contributed by atoms with Crippen LogP contribution in [-0.4, -0.2) is 45.4 Å². The van der Waals surface area contributed by atoms with E-state index in [4.69, 9.17) is 0 Å². The van der Waals surface area contributed by atoms with Crippen LogP contribution >= 0.6 is 0 Å². The van der Waals surface area contributed by atoms with Crippen LogP contribution in [0.1, 0.15) is 18.4 Å². The van der Waals surface area contributed by atoms with Gasteiger partial charge in [-0.15, -0.1) is 0 Å². The molecule has 4 rings (SSSR count). The molecule has 178 valence electrons. The minimum Gasteiger partial charge on any atom is -0.325 e. The van der Waals surface area contributed by atoms with E-state index < -0.39 is 10.0 Å². The zero-order chi connectivity index (χ0) is 24.0. The number of amides is 1. The average Bonchev–Trinajstić information content (AvgIpc) is 2.84. The number of piperidine rings is 1. The largest absolute Gasteiger partial charge is 0.325 e. The number of hydrogen-bond acceptors (Lipinski definition) is 4. The lowest BCUT2D eigenvalue weighted by Crippen LogP contribution is -2.43. The highest BCUT2D eigenvalue weighted by Gasteiger charge is 2.24. The number of rotatable bonds is 8. The molecule has 6 nitrogen and oxygen atoms in total. The van der Waals surface area contributed by atoms with Crippen molar-refractivity contribution in [1.29, 1.82) is 0 Å². The first-order valence-corrected chi connectivity index (χ1v) is 13.1. The third kappa shape index (κ3) is 6.53. The highest BCUT2D eigenvalue weighted by molar-refractivity contribution is 7.89. The van der Waals surface area contributed by atoms with E-state index in [1.807, 2.05) is 49.4 Å². The summed E-state index contributed by atoms with van der Waals surface area (Å²) in [4.78, 5) is 15.0. The van der Waals surface area contributed by atoms with Crippen LogP contribution < -0.4 is 10.0 Å². The third-order valence-corrected chi connectivity index (χ3v) is 7.58. The molecule has 0 aliphatic carbocycles. The van der Waals surface area contributed by atoms with E-state index in [-0.39, 0.29) is 16.7 Å². The molecule has 0 bridgehead atoms. The number of nitrogens with zero attached hydrogens (tertiary/aromatic N) is 1. The molecule has 34 heavy (non-hydrogen) atoms. The number of benzene rings is 3. The van der Waals surface area contributed by atoms with E-state index in [0.29, 0.717) is 19.6 Å². The average molecular weight is 478 g/mol. The second kappa shape index (κ2) is 11.0. The number of aryl methyl sites for hydroxylation is 1. The lowest BCUT2D eigenvalue weighted by molar-refractivity contribution is -0.117. The zero-order valence-electron chi connectivity index (χ0n) is 19.4. The maximum atomic E-state index is 12.6. The Bertz CT molecular complexity index is 1190. The molecule has 3 aromatic rings. The summed E-state index contributed by atoms with van der Waals surface area (Å²) in [7, 11) is -3.53. The van der Waals surface area contributed by atoms with E-state index in [2.05, 4.69) is 27.1 Å². The van der Waals surface area contributed by atoms with Gasteiger partial charge in [-0.25, -0.2) is 13.1 Å². The Kier molecular flexibility index (Phi) is 7.77. The summed E-state index contributed by atoms with van der Waals surface area (Å²) in [6, 6.07) is 24.8. The van der Waals surface area contributed by atoms with E-state index >= 15 is 0 Å². The predicted octanol–water partition coefficient (Wildman–Crippen LogP) is 4.29. The van der Waals surface area contributed by atoms with Crippen molar-refractivity contribution in [3.63, 3.8) is 0 Å². The van der Waals surface area contributed by atoms with Gasteiger partial charge in [0.25, 0.3) is 0 Å². The van der Waals surface area contributed by atoms with Crippen LogP contribution in [0.5, 0.6) is 0 Å². The monoisotopic (exact) mass is 477 g/mol. The molecule has 0 radical (unpaired) electrons. The molecule has 1 aliphatic rings. The van der Waals surface area contributed by atoms with Crippen molar-refractivity contribution in [3.05, 3.63) is 84.4 Å². The molecule has 0 spiro atoms. The Balaban J connectivity index is 1.26. The molecule has 1 fully saturated rings. The van der Waals surface area contributed by atoms with Crippen molar-refractivity contribution in [1.82, 2.24) is 9.62 Å². The molecule has 7 heteroatoms. The molecule has 1 heterocycles. The maximum absolute atomic E-state index is 12.6. The summed E-state index contributed by atoms with van der Waals surface area (Å²) in [5.41, 5.74) is 4.03. The van der Waals surface area contributed by atoms with Crippen LogP contribution in [0.2, 0.25) is 0 Å². The minimum atomic E-state index is -3.53. The summed E-state index contributed by atoms with van der Waals surface area (Å²) < 4.78 is 27.9. The molecule has 1 unspecified atom stereocenters. The standard InChI is InChI=1S/C27H31N3O3S/c1-21-9-15-26(16-10-21)34(32,33)28-18-22-6-5-17-30(19-22)20-27(31)29-25-13-11-24(12-14-25)23-7-3-2-4-8-23/h2-4,7-16,22,28H,5-6,17-20H2,1H3,(H,29,31). The van der Waals surface area contributed by atoms with Crippen molar-refractivity contribution in [2.45, 2.75) is 24.7 Å². The maximum Gasteiger partial charge on any atom is 0.240 e. The van der Waals surface area contributed by atoms with Gasteiger partial charge in [-0.05, 0) is 67.6 Å². The summed E-state index contributed by atoms with van der Waals surface area (Å²) >= 11 is 0. The highest BCUT2D eigenvalue weighted by Crippen LogP contribution is 2.21. The summed E-state index contributed by atoms with van der Waals surface area (Å²) in [6.07, 6.45) is 1.88. The predicted molar refractivity (Wildman–Crippen MR) is 136 cm³/mol. The SMILES string of the molecule is Cc1ccc(S(=O)(=O)NCC2CCCN(CC(=O)Nc3ccc(-c4ccccc4)cc3)C2)cc1. The first-order chi connectivity index (χ1) is 16.4. The van der Waals surface area contributed by atoms with E-state index in [0.717, 1.165) is 41.8 Å². The first-order valence-electron chi connectivity index (χ1n) is 11.6. The number of sulfonamides is 1. The van der Waals surface area contributed by atoms with Gasteiger partial charge >= 0.3 is 0 Å². The number of likely N-dealkylation sites (tertiary alicyclic amines) is 1. The molecule has 1 saturated heterocycles. The van der Waals surface area contributed by atoms with Gasteiger partial charge in [0.2, 0.25) is 15.9 Å². The molecule has 3 aromatic carbocycles. The Labute approximate surface area is 202 Å². The number of hydrogen-bond donors (Lipinski definition) is 2. The topological polar surface area (TPSA) is 78.5 Å². The fourth-order valence-corrected chi connectivity index (χ4v) is 5.39. The van der Waals surface area contributed by atoms with E-state index in [9.17, 15) is 13.2 Å². The number of anilines is 1. The lowest BCUT2D eigenvalue weighted by Gasteiger charge is -2.32. The fourth-order valence-electron chi connectivity index (χ4n) is 4.27. The van der Waals surface area contributed by atoms with Gasteiger partial charge in [0, 0.05) is 18.8 Å². The van der Waals surface area contributed by atoms with Gasteiger partial charge in [-0.2, -0.15) is 0 Å². The lowest BCUT2D eigenvalue weighted by atomic mass is 9.98. The van der Waals surface area contributed by atoms with Gasteiger partial charge in [0.1, 0.15) is 0 Å². The molecular weight excluding hydrogens is 446 g/mol. The van der Waals surface area contributed by atoms with Crippen molar-refractivity contribution in [2.75, 3.05) is 31.5 Å². The molecule has 1 aliphatic heterocycles. The van der Waals surface area contributed by atoms with E-state index in [1.165, 1.54) is 0 Å². The van der Waals surface area contributed by atoms with Gasteiger partial charge in [-0.1, -0.05) is 60.2 Å². The molecule has 0 saturated carbocycles. The first kappa shape index (κ1) is 24.1. The van der Waals surface area contributed by atoms with Gasteiger partial charge in [0.15, 0.2) is 0 Å². The molecular formula is C27H31N3O3S. The van der Waals surface area contributed by atoms with E-state index in [1.54, 1.807) is 24.3 Å². The molecule has 2 N–H and O–H groups in total. The van der Waals surface area contributed by atoms with Crippen molar-refractivity contribution in [3.8, 4) is 11.1 Å². The number of carbonyl (C=O) groups is 1. The summed E-state index contributed by atoms with van der Waals surface area (Å²) in [5.74, 6) is 0.111. The number of nitrogens with one attached hydrogen (secondary N) is 2. The van der Waals surface area contributed by atoms with Crippen molar-refractivity contribution < 1.29 is 13.2 Å². The van der Waals surface area contributed by atoms with Crippen LogP contribution in [0.3, 0.4) is 0 Å². The Morgan fingerprint density at radius 2 is 1.62 bits per heavy atom. The molecule has 1 amide bonds. The smallest absolute Gasteiger partial charge is 0.240 e. The summed E-state index contributed by atoms with van der Waals surface area (Å²) in [5, 5.41) is 2.97. The van der Waals surface area contributed by atoms with Crippen LogP contribution in [-0.2, 0) is 14.8 Å². The van der Waals surface area contributed by atoms with Crippen LogP contribution in [0, 0.1) is 12.8 Å². The molecule has 0 aromatic heterocycles. The minimum absolute atomic E-state index is 0.0617. The second-order valence-corrected chi connectivity index (χ2v) is 10.7. The quantitative estimate of drug-likeness (QED) is 0.507. The normalized spacial score (nSPS) is 16.8. The van der Waals surface area contributed by atoms with Crippen molar-refractivity contribution in [2.24, 2.45) is 5.92 Å². The number of carbonyl (C=O) groups excluding carboxylic acids is 1. The Morgan fingerprint density at radius 3 is 2.32 bits per heavy atom. The second-order valence-electron chi connectivity index (χ2n) is 8.90. The van der Waals surface area contributed by atoms with Crippen molar-refractivity contribution >= 4 is 21.6 Å². The van der Waals surface area contributed by atoms with Gasteiger partial charge in [-0.3, -0.25) is 9.69 Å². The van der Waals surface area contributed by atoms with Crippen LogP contribution in [0.4, 0.5) is 5.69 Å². The zero-order valence-corrected chi connectivity index (χ0v) is 20.2. The molecule has 1 atom stereocenters.